The molecule has 1 aliphatic carbocycles. The zero-order valence-electron chi connectivity index (χ0n) is 29.6. The van der Waals surface area contributed by atoms with Gasteiger partial charge in [-0.3, -0.25) is 4.98 Å². The lowest BCUT2D eigenvalue weighted by atomic mass is 9.82. The molecule has 10 aromatic rings. The highest BCUT2D eigenvalue weighted by molar-refractivity contribution is 6.12. The summed E-state index contributed by atoms with van der Waals surface area (Å²) in [6.45, 7) is 4.71. The fourth-order valence-electron chi connectivity index (χ4n) is 9.04. The lowest BCUT2D eigenvalue weighted by Gasteiger charge is -2.22. The maximum atomic E-state index is 4.57. The number of pyridine rings is 1. The van der Waals surface area contributed by atoms with Crippen LogP contribution in [0.15, 0.2) is 176 Å². The van der Waals surface area contributed by atoms with E-state index in [4.69, 9.17) is 0 Å². The molecule has 3 heteroatoms. The van der Waals surface area contributed by atoms with Crippen molar-refractivity contribution in [3.63, 3.8) is 0 Å². The second-order valence-electron chi connectivity index (χ2n) is 14.9. The Labute approximate surface area is 308 Å². The van der Waals surface area contributed by atoms with Gasteiger partial charge in [0.1, 0.15) is 0 Å². The van der Waals surface area contributed by atoms with Crippen molar-refractivity contribution in [3.05, 3.63) is 187 Å². The molecular weight excluding hydrogens is 643 g/mol. The lowest BCUT2D eigenvalue weighted by Crippen LogP contribution is -2.15. The SMILES string of the molecule is CC1(C)c2ccccc2-c2ccc(-n3c4ccccc4c4cc(-c5ccc6c(c5)c5cnccc5n6-c5cccc(-c6ccccc6)c5)ccc43)cc21. The molecule has 0 radical (unpaired) electrons. The Hall–Kier alpha value is -6.71. The van der Waals surface area contributed by atoms with Crippen molar-refractivity contribution < 1.29 is 0 Å². The molecule has 0 unspecified atom stereocenters. The van der Waals surface area contributed by atoms with Crippen molar-refractivity contribution >= 4 is 43.6 Å². The topological polar surface area (TPSA) is 22.8 Å². The highest BCUT2D eigenvalue weighted by Gasteiger charge is 2.35. The predicted octanol–water partition coefficient (Wildman–Crippen LogP) is 12.9. The Balaban J connectivity index is 1.06. The molecule has 0 bridgehead atoms. The van der Waals surface area contributed by atoms with E-state index < -0.39 is 0 Å². The van der Waals surface area contributed by atoms with Crippen LogP contribution in [0.25, 0.3) is 88.4 Å². The van der Waals surface area contributed by atoms with Gasteiger partial charge in [-0.15, -0.1) is 0 Å². The van der Waals surface area contributed by atoms with E-state index in [1.54, 1.807) is 0 Å². The zero-order valence-corrected chi connectivity index (χ0v) is 29.6. The van der Waals surface area contributed by atoms with Crippen LogP contribution in [0.1, 0.15) is 25.0 Å². The molecule has 0 amide bonds. The normalized spacial score (nSPS) is 13.2. The highest BCUT2D eigenvalue weighted by atomic mass is 15.0. The summed E-state index contributed by atoms with van der Waals surface area (Å²) in [5, 5.41) is 4.85. The Morgan fingerprint density at radius 3 is 1.81 bits per heavy atom. The van der Waals surface area contributed by atoms with Crippen molar-refractivity contribution in [2.45, 2.75) is 19.3 Å². The Morgan fingerprint density at radius 2 is 1.00 bits per heavy atom. The molecule has 3 aromatic heterocycles. The van der Waals surface area contributed by atoms with Gasteiger partial charge in [-0.05, 0) is 105 Å². The van der Waals surface area contributed by atoms with Crippen LogP contribution in [0.4, 0.5) is 0 Å². The van der Waals surface area contributed by atoms with Gasteiger partial charge in [-0.1, -0.05) is 117 Å². The average Bonchev–Trinajstić information content (AvgIpc) is 3.81. The minimum atomic E-state index is -0.0597. The van der Waals surface area contributed by atoms with E-state index in [1.165, 1.54) is 82.9 Å². The molecule has 0 fully saturated rings. The Bertz CT molecular complexity index is 3090. The Morgan fingerprint density at radius 1 is 0.396 bits per heavy atom. The summed E-state index contributed by atoms with van der Waals surface area (Å²) < 4.78 is 4.82. The molecule has 0 atom stereocenters. The summed E-state index contributed by atoms with van der Waals surface area (Å²) in [6, 6.07) is 60.1. The first-order valence-corrected chi connectivity index (χ1v) is 18.4. The van der Waals surface area contributed by atoms with Crippen LogP contribution in [0, 0.1) is 0 Å². The molecule has 0 aliphatic heterocycles. The lowest BCUT2D eigenvalue weighted by molar-refractivity contribution is 0.660. The molecule has 3 heterocycles. The minimum absolute atomic E-state index is 0.0597. The number of fused-ring (bicyclic) bond motifs is 9. The molecule has 11 rings (SSSR count). The van der Waals surface area contributed by atoms with E-state index in [2.05, 4.69) is 192 Å². The molecule has 0 N–H and O–H groups in total. The predicted molar refractivity (Wildman–Crippen MR) is 221 cm³/mol. The third-order valence-corrected chi connectivity index (χ3v) is 11.6. The number of rotatable bonds is 4. The summed E-state index contributed by atoms with van der Waals surface area (Å²) >= 11 is 0. The first-order chi connectivity index (χ1) is 26.0. The maximum absolute atomic E-state index is 4.57. The molecule has 3 nitrogen and oxygen atoms in total. The van der Waals surface area contributed by atoms with E-state index in [0.717, 1.165) is 16.6 Å². The van der Waals surface area contributed by atoms with Gasteiger partial charge in [0.05, 0.1) is 22.1 Å². The summed E-state index contributed by atoms with van der Waals surface area (Å²) in [4.78, 5) is 4.57. The molecule has 0 saturated heterocycles. The quantitative estimate of drug-likeness (QED) is 0.182. The van der Waals surface area contributed by atoms with Gasteiger partial charge in [0.25, 0.3) is 0 Å². The van der Waals surface area contributed by atoms with E-state index in [1.807, 2.05) is 12.4 Å². The van der Waals surface area contributed by atoms with Crippen molar-refractivity contribution in [2.24, 2.45) is 0 Å². The zero-order chi connectivity index (χ0) is 35.3. The number of benzene rings is 7. The summed E-state index contributed by atoms with van der Waals surface area (Å²) in [5.41, 5.74) is 17.3. The molecule has 7 aromatic carbocycles. The minimum Gasteiger partial charge on any atom is -0.309 e. The second kappa shape index (κ2) is 11.1. The van der Waals surface area contributed by atoms with Crippen LogP contribution >= 0.6 is 0 Å². The Kier molecular flexibility index (Phi) is 6.30. The summed E-state index contributed by atoms with van der Waals surface area (Å²) in [6.07, 6.45) is 3.90. The summed E-state index contributed by atoms with van der Waals surface area (Å²) in [7, 11) is 0. The molecular formula is C50H35N3. The van der Waals surface area contributed by atoms with Crippen molar-refractivity contribution in [1.82, 2.24) is 14.1 Å². The van der Waals surface area contributed by atoms with E-state index in [0.29, 0.717) is 0 Å². The monoisotopic (exact) mass is 677 g/mol. The van der Waals surface area contributed by atoms with Gasteiger partial charge in [-0.2, -0.15) is 0 Å². The third-order valence-electron chi connectivity index (χ3n) is 11.6. The number of hydrogen-bond acceptors (Lipinski definition) is 1. The van der Waals surface area contributed by atoms with Crippen molar-refractivity contribution in [1.29, 1.82) is 0 Å². The average molecular weight is 678 g/mol. The van der Waals surface area contributed by atoms with Gasteiger partial charge in [-0.25, -0.2) is 0 Å². The molecule has 0 saturated carbocycles. The van der Waals surface area contributed by atoms with Crippen LogP contribution in [-0.4, -0.2) is 14.1 Å². The van der Waals surface area contributed by atoms with Crippen LogP contribution in [0.2, 0.25) is 0 Å². The molecule has 0 spiro atoms. The molecule has 53 heavy (non-hydrogen) atoms. The van der Waals surface area contributed by atoms with Gasteiger partial charge < -0.3 is 9.13 Å². The van der Waals surface area contributed by atoms with Gasteiger partial charge in [0.15, 0.2) is 0 Å². The first kappa shape index (κ1) is 30.0. The van der Waals surface area contributed by atoms with Crippen molar-refractivity contribution in [2.75, 3.05) is 0 Å². The van der Waals surface area contributed by atoms with E-state index in [-0.39, 0.29) is 5.41 Å². The van der Waals surface area contributed by atoms with Gasteiger partial charge >= 0.3 is 0 Å². The highest BCUT2D eigenvalue weighted by Crippen LogP contribution is 2.49. The summed E-state index contributed by atoms with van der Waals surface area (Å²) in [5.74, 6) is 0. The van der Waals surface area contributed by atoms with Crippen LogP contribution < -0.4 is 0 Å². The van der Waals surface area contributed by atoms with Crippen LogP contribution in [0.5, 0.6) is 0 Å². The molecule has 1 aliphatic rings. The number of aromatic nitrogens is 3. The third kappa shape index (κ3) is 4.37. The van der Waals surface area contributed by atoms with Crippen LogP contribution in [0.3, 0.4) is 0 Å². The first-order valence-electron chi connectivity index (χ1n) is 18.4. The number of para-hydroxylation sites is 1. The van der Waals surface area contributed by atoms with Gasteiger partial charge in [0.2, 0.25) is 0 Å². The fourth-order valence-corrected chi connectivity index (χ4v) is 9.04. The number of hydrogen-bond donors (Lipinski definition) is 0. The fraction of sp³-hybridized carbons (Fsp3) is 0.0600. The van der Waals surface area contributed by atoms with Crippen LogP contribution in [-0.2, 0) is 5.41 Å². The standard InChI is InChI=1S/C50H35N3/c1-50(2)44-17-8-6-15-38(44)39-22-21-37(30-45(39)50)53-46-18-9-7-16-40(46)41-28-34(19-23-47(41)53)35-20-24-48-42(29-35)43-31-51-26-25-49(43)52(48)36-14-10-13-33(27-36)32-11-4-3-5-12-32/h3-31H,1-2H3. The van der Waals surface area contributed by atoms with Gasteiger partial charge in [0, 0.05) is 50.7 Å². The van der Waals surface area contributed by atoms with E-state index in [9.17, 15) is 0 Å². The maximum Gasteiger partial charge on any atom is 0.0571 e. The number of nitrogens with zero attached hydrogens (tertiary/aromatic N) is 3. The van der Waals surface area contributed by atoms with E-state index >= 15 is 0 Å². The van der Waals surface area contributed by atoms with Crippen molar-refractivity contribution in [3.8, 4) is 44.8 Å². The molecule has 250 valence electrons. The smallest absolute Gasteiger partial charge is 0.0571 e. The second-order valence-corrected chi connectivity index (χ2v) is 14.9. The largest absolute Gasteiger partial charge is 0.309 e.